The van der Waals surface area contributed by atoms with Crippen molar-refractivity contribution in [3.63, 3.8) is 0 Å². The highest BCUT2D eigenvalue weighted by molar-refractivity contribution is 5.75. The van der Waals surface area contributed by atoms with Crippen LogP contribution >= 0.6 is 0 Å². The van der Waals surface area contributed by atoms with E-state index in [4.69, 9.17) is 5.73 Å². The molecule has 0 radical (unpaired) electrons. The summed E-state index contributed by atoms with van der Waals surface area (Å²) in [5.41, 5.74) is 5.15. The maximum Gasteiger partial charge on any atom is 0.490 e. The van der Waals surface area contributed by atoms with E-state index >= 15 is 0 Å². The number of unbranched alkanes of at least 4 members (excludes halogenated alkanes) is 2. The lowest BCUT2D eigenvalue weighted by atomic mass is 10.2. The molecule has 6 heteroatoms. The van der Waals surface area contributed by atoms with Crippen LogP contribution in [0.5, 0.6) is 0 Å². The predicted octanol–water partition coefficient (Wildman–Crippen LogP) is 1.22. The van der Waals surface area contributed by atoms with Crippen molar-refractivity contribution in [3.8, 4) is 0 Å². The fourth-order valence-corrected chi connectivity index (χ4v) is 0.670. The molecule has 0 aliphatic heterocycles. The molecule has 2 N–H and O–H groups in total. The molecule has 0 saturated heterocycles. The highest BCUT2D eigenvalue weighted by Crippen LogP contribution is 2.16. The third-order valence-electron chi connectivity index (χ3n) is 1.31. The Morgan fingerprint density at radius 1 is 1.23 bits per heavy atom. The topological polar surface area (TPSA) is 52.3 Å². The number of ether oxygens (including phenoxy) is 1. The first-order valence-corrected chi connectivity index (χ1v) is 3.92. The molecule has 0 fully saturated rings. The van der Waals surface area contributed by atoms with Gasteiger partial charge in [-0.2, -0.15) is 13.2 Å². The first-order chi connectivity index (χ1) is 5.98. The summed E-state index contributed by atoms with van der Waals surface area (Å²) in [6.07, 6.45) is -3.07. The van der Waals surface area contributed by atoms with Gasteiger partial charge in [-0.3, -0.25) is 0 Å². The quantitative estimate of drug-likeness (QED) is 0.535. The standard InChI is InChI=1S/C7H12F3NO2/c8-7(9,10)6(12)13-5-3-1-2-4-11/h1-5,11H2. The van der Waals surface area contributed by atoms with Gasteiger partial charge in [-0.1, -0.05) is 0 Å². The Morgan fingerprint density at radius 3 is 2.31 bits per heavy atom. The molecule has 0 unspecified atom stereocenters. The fraction of sp³-hybridized carbons (Fsp3) is 0.857. The zero-order valence-electron chi connectivity index (χ0n) is 7.06. The van der Waals surface area contributed by atoms with Crippen molar-refractivity contribution in [2.75, 3.05) is 13.2 Å². The SMILES string of the molecule is NCCCCCOC(=O)C(F)(F)F. The normalized spacial score (nSPS) is 11.4. The minimum absolute atomic E-state index is 0.196. The Hall–Kier alpha value is -0.780. The largest absolute Gasteiger partial charge is 0.490 e. The molecule has 0 aromatic carbocycles. The van der Waals surface area contributed by atoms with Crippen molar-refractivity contribution in [1.82, 2.24) is 0 Å². The summed E-state index contributed by atoms with van der Waals surface area (Å²) in [7, 11) is 0. The number of hydrogen-bond donors (Lipinski definition) is 1. The van der Waals surface area contributed by atoms with Crippen molar-refractivity contribution in [1.29, 1.82) is 0 Å². The average Bonchev–Trinajstić information content (AvgIpc) is 2.02. The summed E-state index contributed by atoms with van der Waals surface area (Å²) in [6.45, 7) is 0.297. The van der Waals surface area contributed by atoms with Crippen LogP contribution in [0.1, 0.15) is 19.3 Å². The Morgan fingerprint density at radius 2 is 1.85 bits per heavy atom. The number of halogens is 3. The molecular weight excluding hydrogens is 187 g/mol. The lowest BCUT2D eigenvalue weighted by Crippen LogP contribution is -2.25. The second-order valence-electron chi connectivity index (χ2n) is 2.48. The van der Waals surface area contributed by atoms with Gasteiger partial charge in [-0.15, -0.1) is 0 Å². The smallest absolute Gasteiger partial charge is 0.459 e. The van der Waals surface area contributed by atoms with Crippen molar-refractivity contribution < 1.29 is 22.7 Å². The Bertz CT molecular complexity index is 158. The monoisotopic (exact) mass is 199 g/mol. The van der Waals surface area contributed by atoms with Crippen molar-refractivity contribution in [2.24, 2.45) is 5.73 Å². The molecule has 0 aliphatic carbocycles. The number of esters is 1. The van der Waals surface area contributed by atoms with Crippen molar-refractivity contribution in [2.45, 2.75) is 25.4 Å². The average molecular weight is 199 g/mol. The molecule has 0 aromatic rings. The zero-order chi connectivity index (χ0) is 10.3. The first-order valence-electron chi connectivity index (χ1n) is 3.92. The number of nitrogens with two attached hydrogens (primary N) is 1. The third kappa shape index (κ3) is 6.39. The lowest BCUT2D eigenvalue weighted by Gasteiger charge is -2.06. The Kier molecular flexibility index (Phi) is 5.45. The van der Waals surface area contributed by atoms with Crippen LogP contribution in [0.4, 0.5) is 13.2 Å². The molecule has 0 atom stereocenters. The van der Waals surface area contributed by atoms with Gasteiger partial charge < -0.3 is 10.5 Å². The second-order valence-corrected chi connectivity index (χ2v) is 2.48. The molecule has 0 bridgehead atoms. The summed E-state index contributed by atoms with van der Waals surface area (Å²) in [4.78, 5) is 10.1. The van der Waals surface area contributed by atoms with Gasteiger partial charge in [0.25, 0.3) is 0 Å². The summed E-state index contributed by atoms with van der Waals surface area (Å²) < 4.78 is 38.5. The van der Waals surface area contributed by atoms with Gasteiger partial charge in [0, 0.05) is 0 Å². The maximum absolute atomic E-state index is 11.5. The van der Waals surface area contributed by atoms with Crippen LogP contribution < -0.4 is 5.73 Å². The molecule has 0 aromatic heterocycles. The second kappa shape index (κ2) is 5.80. The van der Waals surface area contributed by atoms with Gasteiger partial charge in [0.1, 0.15) is 0 Å². The third-order valence-corrected chi connectivity index (χ3v) is 1.31. The summed E-state index contributed by atoms with van der Waals surface area (Å²) in [5.74, 6) is -2.12. The maximum atomic E-state index is 11.5. The summed E-state index contributed by atoms with van der Waals surface area (Å²) in [6, 6.07) is 0. The molecule has 0 spiro atoms. The zero-order valence-corrected chi connectivity index (χ0v) is 7.06. The van der Waals surface area contributed by atoms with E-state index in [1.165, 1.54) is 0 Å². The number of hydrogen-bond acceptors (Lipinski definition) is 3. The van der Waals surface area contributed by atoms with Gasteiger partial charge >= 0.3 is 12.1 Å². The van der Waals surface area contributed by atoms with Crippen LogP contribution in [-0.4, -0.2) is 25.3 Å². The molecule has 0 saturated carbocycles. The molecular formula is C7H12F3NO2. The Balaban J connectivity index is 3.38. The molecule has 78 valence electrons. The van der Waals surface area contributed by atoms with Crippen LogP contribution in [0.2, 0.25) is 0 Å². The molecule has 0 heterocycles. The molecule has 3 nitrogen and oxygen atoms in total. The number of alkyl halides is 3. The molecule has 0 amide bonds. The predicted molar refractivity (Wildman–Crippen MR) is 39.9 cm³/mol. The van der Waals surface area contributed by atoms with E-state index < -0.39 is 12.1 Å². The van der Waals surface area contributed by atoms with Crippen LogP contribution in [-0.2, 0) is 9.53 Å². The van der Waals surface area contributed by atoms with Crippen LogP contribution in [0.25, 0.3) is 0 Å². The van der Waals surface area contributed by atoms with Crippen molar-refractivity contribution in [3.05, 3.63) is 0 Å². The number of carbonyl (C=O) groups is 1. The minimum atomic E-state index is -4.88. The van der Waals surface area contributed by atoms with E-state index in [1.807, 2.05) is 0 Å². The van der Waals surface area contributed by atoms with E-state index in [9.17, 15) is 18.0 Å². The van der Waals surface area contributed by atoms with E-state index in [1.54, 1.807) is 0 Å². The van der Waals surface area contributed by atoms with E-state index in [2.05, 4.69) is 4.74 Å². The van der Waals surface area contributed by atoms with Gasteiger partial charge in [-0.05, 0) is 25.8 Å². The van der Waals surface area contributed by atoms with Crippen LogP contribution in [0.3, 0.4) is 0 Å². The summed E-state index contributed by atoms with van der Waals surface area (Å²) >= 11 is 0. The minimum Gasteiger partial charge on any atom is -0.459 e. The lowest BCUT2D eigenvalue weighted by molar-refractivity contribution is -0.199. The highest BCUT2D eigenvalue weighted by atomic mass is 19.4. The van der Waals surface area contributed by atoms with E-state index in [0.29, 0.717) is 19.4 Å². The van der Waals surface area contributed by atoms with Crippen molar-refractivity contribution >= 4 is 5.97 Å². The van der Waals surface area contributed by atoms with Gasteiger partial charge in [-0.25, -0.2) is 4.79 Å². The number of carbonyl (C=O) groups excluding carboxylic acids is 1. The van der Waals surface area contributed by atoms with Crippen LogP contribution in [0, 0.1) is 0 Å². The van der Waals surface area contributed by atoms with Gasteiger partial charge in [0.05, 0.1) is 6.61 Å². The van der Waals surface area contributed by atoms with Gasteiger partial charge in [0.2, 0.25) is 0 Å². The Labute approximate surface area is 74.0 Å². The summed E-state index contributed by atoms with van der Waals surface area (Å²) in [5, 5.41) is 0. The van der Waals surface area contributed by atoms with Gasteiger partial charge in [0.15, 0.2) is 0 Å². The van der Waals surface area contributed by atoms with E-state index in [0.717, 1.165) is 6.42 Å². The molecule has 0 aliphatic rings. The molecule has 13 heavy (non-hydrogen) atoms. The molecule has 0 rings (SSSR count). The van der Waals surface area contributed by atoms with E-state index in [-0.39, 0.29) is 6.61 Å². The highest BCUT2D eigenvalue weighted by Gasteiger charge is 2.40. The van der Waals surface area contributed by atoms with Crippen LogP contribution in [0.15, 0.2) is 0 Å². The first kappa shape index (κ1) is 12.2. The fourth-order valence-electron chi connectivity index (χ4n) is 0.670. The number of rotatable bonds is 5.